The van der Waals surface area contributed by atoms with Crippen LogP contribution in [0.3, 0.4) is 0 Å². The summed E-state index contributed by atoms with van der Waals surface area (Å²) in [6.45, 7) is 3.43. The average Bonchev–Trinajstić information content (AvgIpc) is 2.60. The predicted octanol–water partition coefficient (Wildman–Crippen LogP) is 1.71. The van der Waals surface area contributed by atoms with Gasteiger partial charge in [0.05, 0.1) is 5.02 Å². The standard InChI is InChI=1S/C12H16ClFN2O2S/c1-8-6-16(2)7-11(8)15-19(17,18)12-5-9(14)3-4-10(12)13/h3-5,8,11,15H,6-7H2,1-2H3/t8-,11+/m1/s1. The van der Waals surface area contributed by atoms with Gasteiger partial charge >= 0.3 is 0 Å². The lowest BCUT2D eigenvalue weighted by Gasteiger charge is -2.17. The van der Waals surface area contributed by atoms with Gasteiger partial charge < -0.3 is 4.90 Å². The molecule has 2 atom stereocenters. The molecule has 0 unspecified atom stereocenters. The molecule has 1 aromatic carbocycles. The number of hydrogen-bond acceptors (Lipinski definition) is 3. The van der Waals surface area contributed by atoms with E-state index in [2.05, 4.69) is 4.72 Å². The van der Waals surface area contributed by atoms with Crippen molar-refractivity contribution in [2.45, 2.75) is 17.9 Å². The van der Waals surface area contributed by atoms with Crippen LogP contribution in [-0.2, 0) is 10.0 Å². The Hall–Kier alpha value is -0.690. The minimum Gasteiger partial charge on any atom is -0.304 e. The first-order valence-corrected chi connectivity index (χ1v) is 7.81. The molecular weight excluding hydrogens is 291 g/mol. The van der Waals surface area contributed by atoms with Crippen LogP contribution < -0.4 is 4.72 Å². The van der Waals surface area contributed by atoms with Crippen LogP contribution in [0.25, 0.3) is 0 Å². The van der Waals surface area contributed by atoms with Crippen LogP contribution in [0.1, 0.15) is 6.92 Å². The number of sulfonamides is 1. The van der Waals surface area contributed by atoms with Gasteiger partial charge in [-0.3, -0.25) is 0 Å². The molecule has 1 fully saturated rings. The number of likely N-dealkylation sites (tertiary alicyclic amines) is 1. The van der Waals surface area contributed by atoms with Gasteiger partial charge in [-0.2, -0.15) is 0 Å². The molecule has 19 heavy (non-hydrogen) atoms. The molecule has 1 saturated heterocycles. The lowest BCUT2D eigenvalue weighted by molar-refractivity contribution is 0.400. The van der Waals surface area contributed by atoms with E-state index in [4.69, 9.17) is 11.6 Å². The molecule has 0 amide bonds. The zero-order valence-electron chi connectivity index (χ0n) is 10.7. The number of likely N-dealkylation sites (N-methyl/N-ethyl adjacent to an activating group) is 1. The molecule has 0 saturated carbocycles. The van der Waals surface area contributed by atoms with Crippen LogP contribution in [-0.4, -0.2) is 39.5 Å². The van der Waals surface area contributed by atoms with Crippen LogP contribution in [0.5, 0.6) is 0 Å². The van der Waals surface area contributed by atoms with Crippen molar-refractivity contribution >= 4 is 21.6 Å². The molecule has 106 valence electrons. The first-order chi connectivity index (χ1) is 8.79. The Balaban J connectivity index is 2.26. The summed E-state index contributed by atoms with van der Waals surface area (Å²) in [7, 11) is -1.87. The summed E-state index contributed by atoms with van der Waals surface area (Å²) >= 11 is 5.83. The van der Waals surface area contributed by atoms with Gasteiger partial charge in [0.15, 0.2) is 0 Å². The summed E-state index contributed by atoms with van der Waals surface area (Å²) < 4.78 is 40.2. The smallest absolute Gasteiger partial charge is 0.242 e. The zero-order valence-corrected chi connectivity index (χ0v) is 12.3. The largest absolute Gasteiger partial charge is 0.304 e. The van der Waals surface area contributed by atoms with E-state index in [0.717, 1.165) is 18.7 Å². The van der Waals surface area contributed by atoms with E-state index in [1.54, 1.807) is 0 Å². The Morgan fingerprint density at radius 3 is 2.68 bits per heavy atom. The van der Waals surface area contributed by atoms with E-state index in [9.17, 15) is 12.8 Å². The summed E-state index contributed by atoms with van der Waals surface area (Å²) in [6.07, 6.45) is 0. The molecule has 0 aliphatic carbocycles. The third kappa shape index (κ3) is 3.25. The van der Waals surface area contributed by atoms with Gasteiger partial charge in [-0.15, -0.1) is 0 Å². The van der Waals surface area contributed by atoms with Gasteiger partial charge in [0.2, 0.25) is 10.0 Å². The average molecular weight is 307 g/mol. The number of halogens is 2. The highest BCUT2D eigenvalue weighted by Crippen LogP contribution is 2.24. The van der Waals surface area contributed by atoms with E-state index < -0.39 is 15.8 Å². The van der Waals surface area contributed by atoms with Crippen LogP contribution >= 0.6 is 11.6 Å². The Labute approximate surface area is 117 Å². The lowest BCUT2D eigenvalue weighted by atomic mass is 10.1. The highest BCUT2D eigenvalue weighted by atomic mass is 35.5. The third-order valence-corrected chi connectivity index (χ3v) is 5.26. The second-order valence-electron chi connectivity index (χ2n) is 5.00. The third-order valence-electron chi connectivity index (χ3n) is 3.28. The molecule has 2 rings (SSSR count). The molecule has 1 aliphatic heterocycles. The molecule has 7 heteroatoms. The minimum absolute atomic E-state index is 0.0212. The summed E-state index contributed by atoms with van der Waals surface area (Å²) in [5.41, 5.74) is 0. The summed E-state index contributed by atoms with van der Waals surface area (Å²) in [4.78, 5) is 1.83. The van der Waals surface area contributed by atoms with Crippen LogP contribution in [0.4, 0.5) is 4.39 Å². The molecule has 0 aromatic heterocycles. The predicted molar refractivity (Wildman–Crippen MR) is 72.2 cm³/mol. The van der Waals surface area contributed by atoms with Crippen molar-refractivity contribution in [3.63, 3.8) is 0 Å². The maximum atomic E-state index is 13.2. The fraction of sp³-hybridized carbons (Fsp3) is 0.500. The first-order valence-electron chi connectivity index (χ1n) is 5.95. The second kappa shape index (κ2) is 5.36. The van der Waals surface area contributed by atoms with Crippen molar-refractivity contribution in [3.8, 4) is 0 Å². The van der Waals surface area contributed by atoms with Crippen molar-refractivity contribution in [1.82, 2.24) is 9.62 Å². The van der Waals surface area contributed by atoms with Crippen molar-refractivity contribution in [3.05, 3.63) is 29.0 Å². The van der Waals surface area contributed by atoms with Crippen LogP contribution in [0.15, 0.2) is 23.1 Å². The fourth-order valence-electron chi connectivity index (χ4n) is 2.31. The van der Waals surface area contributed by atoms with Gasteiger partial charge in [-0.05, 0) is 31.2 Å². The summed E-state index contributed by atoms with van der Waals surface area (Å²) in [6, 6.07) is 3.13. The van der Waals surface area contributed by atoms with Gasteiger partial charge in [0, 0.05) is 19.1 Å². The van der Waals surface area contributed by atoms with Crippen molar-refractivity contribution < 1.29 is 12.8 Å². The molecule has 0 bridgehead atoms. The Kier molecular flexibility index (Phi) is 4.15. The van der Waals surface area contributed by atoms with Gasteiger partial charge in [-0.25, -0.2) is 17.5 Å². The van der Waals surface area contributed by atoms with Gasteiger partial charge in [0.1, 0.15) is 10.7 Å². The van der Waals surface area contributed by atoms with Gasteiger partial charge in [-0.1, -0.05) is 18.5 Å². The van der Waals surface area contributed by atoms with E-state index in [0.29, 0.717) is 6.54 Å². The number of hydrogen-bond donors (Lipinski definition) is 1. The Morgan fingerprint density at radius 1 is 1.42 bits per heavy atom. The van der Waals surface area contributed by atoms with Crippen molar-refractivity contribution in [2.24, 2.45) is 5.92 Å². The van der Waals surface area contributed by atoms with E-state index in [1.807, 2.05) is 18.9 Å². The lowest BCUT2D eigenvalue weighted by Crippen LogP contribution is -2.39. The number of rotatable bonds is 3. The molecule has 1 N–H and O–H groups in total. The molecule has 1 aliphatic rings. The van der Waals surface area contributed by atoms with E-state index in [-0.39, 0.29) is 21.9 Å². The van der Waals surface area contributed by atoms with E-state index >= 15 is 0 Å². The number of nitrogens with zero attached hydrogens (tertiary/aromatic N) is 1. The zero-order chi connectivity index (χ0) is 14.2. The van der Waals surface area contributed by atoms with E-state index in [1.165, 1.54) is 6.07 Å². The maximum absolute atomic E-state index is 13.2. The quantitative estimate of drug-likeness (QED) is 0.925. The summed E-state index contributed by atoms with van der Waals surface area (Å²) in [5, 5.41) is 0.0212. The fourth-order valence-corrected chi connectivity index (χ4v) is 4.16. The minimum atomic E-state index is -3.80. The molecule has 1 aromatic rings. The molecule has 0 radical (unpaired) electrons. The normalized spacial score (nSPS) is 24.8. The summed E-state index contributed by atoms with van der Waals surface area (Å²) in [5.74, 6) is -0.423. The van der Waals surface area contributed by atoms with Crippen molar-refractivity contribution in [2.75, 3.05) is 20.1 Å². The number of nitrogens with one attached hydrogen (secondary N) is 1. The maximum Gasteiger partial charge on any atom is 0.242 e. The molecular formula is C12H16ClFN2O2S. The van der Waals surface area contributed by atoms with Crippen LogP contribution in [0, 0.1) is 11.7 Å². The molecule has 0 spiro atoms. The molecule has 1 heterocycles. The SMILES string of the molecule is C[C@@H]1CN(C)C[C@@H]1NS(=O)(=O)c1cc(F)ccc1Cl. The highest BCUT2D eigenvalue weighted by Gasteiger charge is 2.32. The Bertz CT molecular complexity index is 579. The first kappa shape index (κ1) is 14.7. The monoisotopic (exact) mass is 306 g/mol. The second-order valence-corrected chi connectivity index (χ2v) is 7.09. The van der Waals surface area contributed by atoms with Crippen molar-refractivity contribution in [1.29, 1.82) is 0 Å². The highest BCUT2D eigenvalue weighted by molar-refractivity contribution is 7.89. The Morgan fingerprint density at radius 2 is 2.11 bits per heavy atom. The number of benzene rings is 1. The van der Waals surface area contributed by atoms with Crippen LogP contribution in [0.2, 0.25) is 5.02 Å². The topological polar surface area (TPSA) is 49.4 Å². The molecule has 4 nitrogen and oxygen atoms in total. The van der Waals surface area contributed by atoms with Gasteiger partial charge in [0.25, 0.3) is 0 Å².